The van der Waals surface area contributed by atoms with Gasteiger partial charge >= 0.3 is 0 Å². The summed E-state index contributed by atoms with van der Waals surface area (Å²) in [6.45, 7) is 1.43. The molecule has 0 spiro atoms. The highest BCUT2D eigenvalue weighted by molar-refractivity contribution is 6.36. The van der Waals surface area contributed by atoms with Crippen molar-refractivity contribution in [3.63, 3.8) is 0 Å². The van der Waals surface area contributed by atoms with E-state index in [1.165, 1.54) is 33.3 Å². The van der Waals surface area contributed by atoms with Gasteiger partial charge in [0.15, 0.2) is 17.3 Å². The van der Waals surface area contributed by atoms with E-state index >= 15 is 4.79 Å². The van der Waals surface area contributed by atoms with E-state index in [9.17, 15) is 24.3 Å². The first kappa shape index (κ1) is 37.6. The Labute approximate surface area is 336 Å². The number of hydrazine groups is 1. The standard InChI is InChI=1S/C42H34Cl3N3O8/c1-20(49)21-4-9-25(10-5-21)47-38(51)28-14-13-27-29(35(28)40(47)53)19-30-39(52)48(46-33-15-8-24(43)18-31(33)44)41(54)42(30,23-6-11-26(55-2)12-7-23)36(27)22-16-32(45)37(50)34(17-22)56-3/h4-13,15-18,28-30,35-36,46,50H,14,19H2,1-3H3. The molecule has 0 radical (unpaired) electrons. The van der Waals surface area contributed by atoms with E-state index in [0.29, 0.717) is 38.7 Å². The molecule has 4 aromatic carbocycles. The molecule has 3 fully saturated rings. The number of nitrogens with one attached hydrogen (secondary N) is 1. The second-order valence-electron chi connectivity index (χ2n) is 14.4. The number of phenols is 1. The minimum atomic E-state index is -1.65. The molecule has 286 valence electrons. The van der Waals surface area contributed by atoms with Gasteiger partial charge < -0.3 is 14.6 Å². The molecule has 4 amide bonds. The number of Topliss-reactive ketones (excluding diaryl/α,β-unsaturated/α-hetero) is 1. The van der Waals surface area contributed by atoms with Gasteiger partial charge in [-0.05, 0) is 104 Å². The Kier molecular flexibility index (Phi) is 9.38. The average Bonchev–Trinajstić information content (AvgIpc) is 3.57. The number of amides is 4. The van der Waals surface area contributed by atoms with Crippen LogP contribution in [0.2, 0.25) is 15.1 Å². The number of imide groups is 2. The topological polar surface area (TPSA) is 143 Å². The fraction of sp³-hybridized carbons (Fsp3) is 0.262. The summed E-state index contributed by atoms with van der Waals surface area (Å²) < 4.78 is 11.0. The maximum atomic E-state index is 15.5. The monoisotopic (exact) mass is 813 g/mol. The van der Waals surface area contributed by atoms with Gasteiger partial charge in [0.1, 0.15) is 5.75 Å². The number of hydrogen-bond acceptors (Lipinski definition) is 9. The number of fused-ring (bicyclic) bond motifs is 4. The van der Waals surface area contributed by atoms with Crippen LogP contribution in [0.3, 0.4) is 0 Å². The second kappa shape index (κ2) is 14.0. The number of benzene rings is 4. The van der Waals surface area contributed by atoms with Crippen LogP contribution in [-0.2, 0) is 24.6 Å². The molecule has 1 saturated carbocycles. The zero-order valence-electron chi connectivity index (χ0n) is 30.2. The summed E-state index contributed by atoms with van der Waals surface area (Å²) in [5, 5.41) is 12.3. The van der Waals surface area contributed by atoms with Crippen molar-refractivity contribution in [2.24, 2.45) is 23.7 Å². The molecule has 6 atom stereocenters. The van der Waals surface area contributed by atoms with Gasteiger partial charge in [-0.25, -0.2) is 0 Å². The molecule has 2 N–H and O–H groups in total. The van der Waals surface area contributed by atoms with E-state index < -0.39 is 58.6 Å². The van der Waals surface area contributed by atoms with Crippen LogP contribution in [0.25, 0.3) is 0 Å². The van der Waals surface area contributed by atoms with Crippen LogP contribution in [-0.4, -0.2) is 53.7 Å². The van der Waals surface area contributed by atoms with E-state index in [2.05, 4.69) is 5.43 Å². The first-order chi connectivity index (χ1) is 26.8. The number of ketones is 1. The predicted molar refractivity (Wildman–Crippen MR) is 209 cm³/mol. The number of carbonyl (C=O) groups excluding carboxylic acids is 5. The summed E-state index contributed by atoms with van der Waals surface area (Å²) in [5.74, 6) is -6.25. The van der Waals surface area contributed by atoms with E-state index in [1.807, 2.05) is 6.08 Å². The van der Waals surface area contributed by atoms with E-state index in [0.717, 1.165) is 9.91 Å². The van der Waals surface area contributed by atoms with Crippen molar-refractivity contribution in [3.8, 4) is 17.2 Å². The number of methoxy groups -OCH3 is 2. The highest BCUT2D eigenvalue weighted by Gasteiger charge is 2.70. The van der Waals surface area contributed by atoms with Crippen LogP contribution in [0, 0.1) is 23.7 Å². The Morgan fingerprint density at radius 3 is 2.20 bits per heavy atom. The number of carbonyl (C=O) groups is 5. The fourth-order valence-electron chi connectivity index (χ4n) is 9.23. The maximum absolute atomic E-state index is 15.5. The summed E-state index contributed by atoms with van der Waals surface area (Å²) in [6.07, 6.45) is 2.12. The van der Waals surface area contributed by atoms with E-state index in [4.69, 9.17) is 44.3 Å². The number of ether oxygens (including phenoxy) is 2. The number of halogens is 3. The molecule has 2 aliphatic heterocycles. The van der Waals surface area contributed by atoms with Crippen molar-refractivity contribution >= 4 is 75.6 Å². The Bertz CT molecular complexity index is 2380. The molecule has 14 heteroatoms. The SMILES string of the molecule is COc1ccc(C23C(=O)N(Nc4ccc(Cl)cc4Cl)C(=O)C2CC2C(=CCC4C(=O)N(c5ccc(C(C)=O)cc5)C(=O)C42)C3c2cc(Cl)c(O)c(OC)c2)cc1. The van der Waals surface area contributed by atoms with Crippen molar-refractivity contribution in [1.29, 1.82) is 0 Å². The number of rotatable bonds is 8. The molecule has 2 aliphatic carbocycles. The van der Waals surface area contributed by atoms with Crippen molar-refractivity contribution in [2.45, 2.75) is 31.1 Å². The molecule has 2 heterocycles. The van der Waals surface area contributed by atoms with E-state index in [-0.39, 0.29) is 45.9 Å². The predicted octanol–water partition coefficient (Wildman–Crippen LogP) is 7.76. The van der Waals surface area contributed by atoms with Gasteiger partial charge in [-0.15, -0.1) is 0 Å². The molecule has 0 bridgehead atoms. The summed E-state index contributed by atoms with van der Waals surface area (Å²) in [4.78, 5) is 72.4. The number of anilines is 2. The zero-order valence-corrected chi connectivity index (χ0v) is 32.5. The molecule has 6 unspecified atom stereocenters. The van der Waals surface area contributed by atoms with Crippen molar-refractivity contribution in [2.75, 3.05) is 24.5 Å². The van der Waals surface area contributed by atoms with Crippen LogP contribution in [0.15, 0.2) is 90.5 Å². The molecule has 4 aromatic rings. The van der Waals surface area contributed by atoms with Crippen LogP contribution in [0.1, 0.15) is 47.2 Å². The molecular weight excluding hydrogens is 781 g/mol. The van der Waals surface area contributed by atoms with Crippen LogP contribution >= 0.6 is 34.8 Å². The number of nitrogens with zero attached hydrogens (tertiary/aromatic N) is 2. The number of hydrogen-bond donors (Lipinski definition) is 2. The third-order valence-corrected chi connectivity index (χ3v) is 12.6. The molecular formula is C42H34Cl3N3O8. The summed E-state index contributed by atoms with van der Waals surface area (Å²) in [6, 6.07) is 20.9. The Morgan fingerprint density at radius 1 is 0.839 bits per heavy atom. The van der Waals surface area contributed by atoms with Gasteiger partial charge in [0.05, 0.1) is 58.8 Å². The van der Waals surface area contributed by atoms with Crippen LogP contribution < -0.4 is 19.8 Å². The van der Waals surface area contributed by atoms with Gasteiger partial charge in [-0.3, -0.25) is 34.3 Å². The second-order valence-corrected chi connectivity index (χ2v) is 15.6. The zero-order chi connectivity index (χ0) is 39.8. The number of aromatic hydroxyl groups is 1. The van der Waals surface area contributed by atoms with Crippen molar-refractivity contribution < 1.29 is 38.6 Å². The largest absolute Gasteiger partial charge is 0.503 e. The van der Waals surface area contributed by atoms with Gasteiger partial charge in [-0.2, -0.15) is 5.01 Å². The highest BCUT2D eigenvalue weighted by atomic mass is 35.5. The van der Waals surface area contributed by atoms with Gasteiger partial charge in [-0.1, -0.05) is 58.6 Å². The molecule has 11 nitrogen and oxygen atoms in total. The first-order valence-corrected chi connectivity index (χ1v) is 18.9. The molecule has 2 saturated heterocycles. The highest BCUT2D eigenvalue weighted by Crippen LogP contribution is 2.65. The Hall–Kier alpha value is -5.36. The Balaban J connectivity index is 1.33. The lowest BCUT2D eigenvalue weighted by molar-refractivity contribution is -0.138. The summed E-state index contributed by atoms with van der Waals surface area (Å²) in [7, 11) is 2.89. The molecule has 4 aliphatic rings. The molecule has 0 aromatic heterocycles. The van der Waals surface area contributed by atoms with Crippen LogP contribution in [0.4, 0.5) is 11.4 Å². The smallest absolute Gasteiger partial charge is 0.260 e. The number of allylic oxidation sites excluding steroid dienone is 2. The lowest BCUT2D eigenvalue weighted by Crippen LogP contribution is -2.53. The van der Waals surface area contributed by atoms with Gasteiger partial charge in [0, 0.05) is 16.5 Å². The number of phenolic OH excluding ortho intramolecular Hbond substituents is 1. The lowest BCUT2D eigenvalue weighted by Gasteiger charge is -2.50. The molecule has 56 heavy (non-hydrogen) atoms. The normalized spacial score (nSPS) is 25.4. The summed E-state index contributed by atoms with van der Waals surface area (Å²) in [5.41, 5.74) is 3.94. The third-order valence-electron chi connectivity index (χ3n) is 11.7. The molecule has 8 rings (SSSR count). The van der Waals surface area contributed by atoms with E-state index in [1.54, 1.807) is 66.7 Å². The van der Waals surface area contributed by atoms with Gasteiger partial charge in [0.25, 0.3) is 11.8 Å². The quantitative estimate of drug-likeness (QED) is 0.104. The average molecular weight is 815 g/mol. The first-order valence-electron chi connectivity index (χ1n) is 17.8. The lowest BCUT2D eigenvalue weighted by atomic mass is 9.49. The maximum Gasteiger partial charge on any atom is 0.260 e. The minimum absolute atomic E-state index is 0.0334. The van der Waals surface area contributed by atoms with Crippen molar-refractivity contribution in [3.05, 3.63) is 122 Å². The van der Waals surface area contributed by atoms with Crippen molar-refractivity contribution in [1.82, 2.24) is 5.01 Å². The Morgan fingerprint density at radius 2 is 1.55 bits per heavy atom. The minimum Gasteiger partial charge on any atom is -0.503 e. The van der Waals surface area contributed by atoms with Gasteiger partial charge in [0.2, 0.25) is 11.8 Å². The summed E-state index contributed by atoms with van der Waals surface area (Å²) >= 11 is 19.4. The van der Waals surface area contributed by atoms with Crippen LogP contribution in [0.5, 0.6) is 17.2 Å². The third kappa shape index (κ3) is 5.58. The fourth-order valence-corrected chi connectivity index (χ4v) is 9.90.